The second-order valence-electron chi connectivity index (χ2n) is 9.01. The lowest BCUT2D eigenvalue weighted by Gasteiger charge is -2.38. The van der Waals surface area contributed by atoms with E-state index in [0.717, 1.165) is 78.3 Å². The number of ether oxygens (including phenoxy) is 2. The number of nitrogens with zero attached hydrogens (tertiary/aromatic N) is 3. The molecule has 0 aromatic rings. The Hall–Kier alpha value is -0.850. The molecule has 0 saturated carbocycles. The van der Waals surface area contributed by atoms with Gasteiger partial charge in [-0.3, -0.25) is 0 Å². The Morgan fingerprint density at radius 3 is 2.73 bits per heavy atom. The highest BCUT2D eigenvalue weighted by Crippen LogP contribution is 2.33. The summed E-state index contributed by atoms with van der Waals surface area (Å²) in [6.45, 7) is 13.2. The molecule has 1 spiro atoms. The number of carbonyl (C=O) groups is 1. The Morgan fingerprint density at radius 2 is 2.08 bits per heavy atom. The van der Waals surface area contributed by atoms with Crippen molar-refractivity contribution in [2.45, 2.75) is 45.1 Å². The van der Waals surface area contributed by atoms with Crippen molar-refractivity contribution in [3.8, 4) is 0 Å². The minimum Gasteiger partial charge on any atom is -0.441 e. The third-order valence-corrected chi connectivity index (χ3v) is 5.99. The minimum atomic E-state index is -0.233. The van der Waals surface area contributed by atoms with Gasteiger partial charge >= 0.3 is 6.09 Å². The number of hydrogen-bond donors (Lipinski definition) is 0. The summed E-state index contributed by atoms with van der Waals surface area (Å²) >= 11 is 0. The molecule has 150 valence electrons. The first kappa shape index (κ1) is 19.9. The third kappa shape index (κ3) is 5.33. The highest BCUT2D eigenvalue weighted by Gasteiger charge is 2.46. The zero-order valence-corrected chi connectivity index (χ0v) is 16.9. The summed E-state index contributed by atoms with van der Waals surface area (Å²) in [6, 6.07) is 0. The SMILES string of the molecule is CC(C)CN(C)CCCN1CC2(CCN(C[C@@H]3CCOC3)CC2)OC1=O. The maximum atomic E-state index is 12.3. The first-order chi connectivity index (χ1) is 12.5. The van der Waals surface area contributed by atoms with Gasteiger partial charge in [0.25, 0.3) is 0 Å². The Bertz CT molecular complexity index is 457. The maximum absolute atomic E-state index is 12.3. The van der Waals surface area contributed by atoms with Crippen LogP contribution in [0.3, 0.4) is 0 Å². The van der Waals surface area contributed by atoms with Crippen molar-refractivity contribution in [1.29, 1.82) is 0 Å². The van der Waals surface area contributed by atoms with Crippen molar-refractivity contribution >= 4 is 6.09 Å². The summed E-state index contributed by atoms with van der Waals surface area (Å²) in [5.41, 5.74) is -0.233. The van der Waals surface area contributed by atoms with E-state index in [4.69, 9.17) is 9.47 Å². The van der Waals surface area contributed by atoms with E-state index in [1.165, 1.54) is 6.42 Å². The van der Waals surface area contributed by atoms with Crippen LogP contribution in [0.25, 0.3) is 0 Å². The second-order valence-corrected chi connectivity index (χ2v) is 9.01. The van der Waals surface area contributed by atoms with Gasteiger partial charge in [-0.25, -0.2) is 4.79 Å². The lowest BCUT2D eigenvalue weighted by Crippen LogP contribution is -2.48. The van der Waals surface area contributed by atoms with Crippen molar-refractivity contribution < 1.29 is 14.3 Å². The predicted octanol–water partition coefficient (Wildman–Crippen LogP) is 2.29. The van der Waals surface area contributed by atoms with Crippen molar-refractivity contribution in [1.82, 2.24) is 14.7 Å². The topological polar surface area (TPSA) is 45.2 Å². The number of piperidine rings is 1. The molecular formula is C20H37N3O3. The van der Waals surface area contributed by atoms with Crippen LogP contribution in [0.4, 0.5) is 4.79 Å². The van der Waals surface area contributed by atoms with E-state index in [1.54, 1.807) is 0 Å². The highest BCUT2D eigenvalue weighted by molar-refractivity contribution is 5.70. The van der Waals surface area contributed by atoms with Gasteiger partial charge in [0.05, 0.1) is 13.2 Å². The van der Waals surface area contributed by atoms with Crippen LogP contribution in [0.15, 0.2) is 0 Å². The molecule has 0 unspecified atom stereocenters. The molecule has 1 amide bonds. The van der Waals surface area contributed by atoms with Gasteiger partial charge in [0.1, 0.15) is 5.60 Å². The molecule has 0 aromatic carbocycles. The van der Waals surface area contributed by atoms with E-state index in [-0.39, 0.29) is 11.7 Å². The molecule has 26 heavy (non-hydrogen) atoms. The maximum Gasteiger partial charge on any atom is 0.410 e. The van der Waals surface area contributed by atoms with E-state index in [0.29, 0.717) is 11.8 Å². The third-order valence-electron chi connectivity index (χ3n) is 5.99. The molecule has 6 heteroatoms. The van der Waals surface area contributed by atoms with Crippen LogP contribution >= 0.6 is 0 Å². The zero-order chi connectivity index (χ0) is 18.6. The molecule has 0 radical (unpaired) electrons. The molecule has 3 heterocycles. The Balaban J connectivity index is 1.38. The van der Waals surface area contributed by atoms with E-state index in [9.17, 15) is 4.79 Å². The molecule has 0 aromatic heterocycles. The van der Waals surface area contributed by atoms with Crippen molar-refractivity contribution in [2.75, 3.05) is 66.1 Å². The summed E-state index contributed by atoms with van der Waals surface area (Å²) in [5, 5.41) is 0. The Kier molecular flexibility index (Phi) is 6.81. The molecule has 3 saturated heterocycles. The molecular weight excluding hydrogens is 330 g/mol. The van der Waals surface area contributed by atoms with Gasteiger partial charge in [0.15, 0.2) is 0 Å². The van der Waals surface area contributed by atoms with Crippen LogP contribution in [0.2, 0.25) is 0 Å². The van der Waals surface area contributed by atoms with Crippen LogP contribution in [0, 0.1) is 11.8 Å². The molecule has 1 atom stereocenters. The number of hydrogen-bond acceptors (Lipinski definition) is 5. The molecule has 0 bridgehead atoms. The normalized spacial score (nSPS) is 26.4. The molecule has 0 N–H and O–H groups in total. The van der Waals surface area contributed by atoms with Gasteiger partial charge < -0.3 is 24.2 Å². The molecule has 3 aliphatic heterocycles. The number of rotatable bonds is 8. The Morgan fingerprint density at radius 1 is 1.31 bits per heavy atom. The first-order valence-corrected chi connectivity index (χ1v) is 10.4. The second kappa shape index (κ2) is 8.89. The van der Waals surface area contributed by atoms with E-state index < -0.39 is 0 Å². The van der Waals surface area contributed by atoms with Crippen LogP contribution in [0.5, 0.6) is 0 Å². The van der Waals surface area contributed by atoms with Crippen molar-refractivity contribution in [3.05, 3.63) is 0 Å². The van der Waals surface area contributed by atoms with Crippen LogP contribution in [-0.4, -0.2) is 92.5 Å². The molecule has 3 fully saturated rings. The largest absolute Gasteiger partial charge is 0.441 e. The standard InChI is InChI=1S/C20H37N3O3/c1-17(2)13-21(3)8-4-9-23-16-20(26-19(23)24)6-10-22(11-7-20)14-18-5-12-25-15-18/h17-18H,4-16H2,1-3H3/t18-/m0/s1. The predicted molar refractivity (Wildman–Crippen MR) is 102 cm³/mol. The minimum absolute atomic E-state index is 0.103. The van der Waals surface area contributed by atoms with Gasteiger partial charge in [-0.15, -0.1) is 0 Å². The Labute approximate surface area is 158 Å². The summed E-state index contributed by atoms with van der Waals surface area (Å²) in [6.07, 6.45) is 4.04. The van der Waals surface area contributed by atoms with Gasteiger partial charge in [-0.2, -0.15) is 0 Å². The van der Waals surface area contributed by atoms with Crippen molar-refractivity contribution in [3.63, 3.8) is 0 Å². The monoisotopic (exact) mass is 367 g/mol. The zero-order valence-electron chi connectivity index (χ0n) is 16.9. The summed E-state index contributed by atoms with van der Waals surface area (Å²) in [5.74, 6) is 1.37. The van der Waals surface area contributed by atoms with Gasteiger partial charge in [-0.05, 0) is 38.3 Å². The average Bonchev–Trinajstić information content (AvgIpc) is 3.18. The highest BCUT2D eigenvalue weighted by atomic mass is 16.6. The van der Waals surface area contributed by atoms with E-state index in [2.05, 4.69) is 30.7 Å². The van der Waals surface area contributed by atoms with Crippen molar-refractivity contribution in [2.24, 2.45) is 11.8 Å². The molecule has 3 rings (SSSR count). The summed E-state index contributed by atoms with van der Waals surface area (Å²) in [4.78, 5) is 19.1. The lowest BCUT2D eigenvalue weighted by atomic mass is 9.90. The lowest BCUT2D eigenvalue weighted by molar-refractivity contribution is -0.00292. The molecule has 6 nitrogen and oxygen atoms in total. The fourth-order valence-electron chi connectivity index (χ4n) is 4.61. The fraction of sp³-hybridized carbons (Fsp3) is 0.950. The first-order valence-electron chi connectivity index (χ1n) is 10.4. The van der Waals surface area contributed by atoms with E-state index >= 15 is 0 Å². The van der Waals surface area contributed by atoms with Crippen LogP contribution < -0.4 is 0 Å². The van der Waals surface area contributed by atoms with Gasteiger partial charge in [0, 0.05) is 52.2 Å². The van der Waals surface area contributed by atoms with E-state index in [1.807, 2.05) is 4.90 Å². The summed E-state index contributed by atoms with van der Waals surface area (Å²) in [7, 11) is 2.16. The smallest absolute Gasteiger partial charge is 0.410 e. The van der Waals surface area contributed by atoms with Crippen LogP contribution in [0.1, 0.15) is 39.5 Å². The number of carbonyl (C=O) groups excluding carboxylic acids is 1. The average molecular weight is 368 g/mol. The van der Waals surface area contributed by atoms with Gasteiger partial charge in [-0.1, -0.05) is 13.8 Å². The fourth-order valence-corrected chi connectivity index (χ4v) is 4.61. The summed E-state index contributed by atoms with van der Waals surface area (Å²) < 4.78 is 11.4. The van der Waals surface area contributed by atoms with Crippen LogP contribution in [-0.2, 0) is 9.47 Å². The molecule has 0 aliphatic carbocycles. The number of amides is 1. The van der Waals surface area contributed by atoms with Gasteiger partial charge in [0.2, 0.25) is 0 Å². The quantitative estimate of drug-likeness (QED) is 0.659. The number of likely N-dealkylation sites (tertiary alicyclic amines) is 1. The molecule has 3 aliphatic rings.